The first-order valence-electron chi connectivity index (χ1n) is 8.05. The van der Waals surface area contributed by atoms with Gasteiger partial charge in [-0.1, -0.05) is 23.7 Å². The number of esters is 1. The van der Waals surface area contributed by atoms with Gasteiger partial charge in [0.1, 0.15) is 5.75 Å². The van der Waals surface area contributed by atoms with Crippen LogP contribution in [0, 0.1) is 0 Å². The predicted molar refractivity (Wildman–Crippen MR) is 101 cm³/mol. The van der Waals surface area contributed by atoms with Crippen LogP contribution < -0.4 is 15.4 Å². The second kappa shape index (κ2) is 9.79. The third-order valence-electron chi connectivity index (χ3n) is 3.70. The number of hydrogen-bond acceptors (Lipinski definition) is 5. The average molecular weight is 377 g/mol. The minimum Gasteiger partial charge on any atom is -0.497 e. The molecule has 0 bridgehead atoms. The molecule has 0 radical (unpaired) electrons. The summed E-state index contributed by atoms with van der Waals surface area (Å²) in [6, 6.07) is 12.3. The summed E-state index contributed by atoms with van der Waals surface area (Å²) in [5.41, 5.74) is 1.84. The Balaban J connectivity index is 1.80. The van der Waals surface area contributed by atoms with Crippen molar-refractivity contribution in [2.75, 3.05) is 32.6 Å². The lowest BCUT2D eigenvalue weighted by atomic mass is 10.1. The van der Waals surface area contributed by atoms with E-state index in [9.17, 15) is 9.59 Å². The van der Waals surface area contributed by atoms with Crippen LogP contribution in [-0.4, -0.2) is 39.2 Å². The Kier molecular flexibility index (Phi) is 7.44. The van der Waals surface area contributed by atoms with Gasteiger partial charge in [0, 0.05) is 0 Å². The SMILES string of the molecule is COC(=O)c1ccc(Cl)c(NC(=O)CNCCc2ccc(OC)cc2)c1. The summed E-state index contributed by atoms with van der Waals surface area (Å²) < 4.78 is 9.77. The Morgan fingerprint density at radius 1 is 1.08 bits per heavy atom. The van der Waals surface area contributed by atoms with Crippen LogP contribution in [0.25, 0.3) is 0 Å². The highest BCUT2D eigenvalue weighted by atomic mass is 35.5. The molecule has 2 N–H and O–H groups in total. The lowest BCUT2D eigenvalue weighted by Gasteiger charge is -2.10. The van der Waals surface area contributed by atoms with Crippen LogP contribution >= 0.6 is 11.6 Å². The minimum absolute atomic E-state index is 0.134. The third-order valence-corrected chi connectivity index (χ3v) is 4.03. The van der Waals surface area contributed by atoms with E-state index in [-0.39, 0.29) is 12.5 Å². The molecule has 6 nitrogen and oxygen atoms in total. The van der Waals surface area contributed by atoms with E-state index in [1.165, 1.54) is 19.2 Å². The number of methoxy groups -OCH3 is 2. The van der Waals surface area contributed by atoms with Gasteiger partial charge in [-0.2, -0.15) is 0 Å². The first-order valence-corrected chi connectivity index (χ1v) is 8.42. The number of nitrogens with one attached hydrogen (secondary N) is 2. The molecular weight excluding hydrogens is 356 g/mol. The molecule has 26 heavy (non-hydrogen) atoms. The monoisotopic (exact) mass is 376 g/mol. The fourth-order valence-electron chi connectivity index (χ4n) is 2.29. The van der Waals surface area contributed by atoms with Gasteiger partial charge in [0.05, 0.1) is 37.0 Å². The number of ether oxygens (including phenoxy) is 2. The van der Waals surface area contributed by atoms with Crippen molar-refractivity contribution in [3.8, 4) is 5.75 Å². The lowest BCUT2D eigenvalue weighted by Crippen LogP contribution is -2.29. The number of hydrogen-bond donors (Lipinski definition) is 2. The summed E-state index contributed by atoms with van der Waals surface area (Å²) in [6.07, 6.45) is 0.788. The Hall–Kier alpha value is -2.57. The van der Waals surface area contributed by atoms with Gasteiger partial charge in [-0.15, -0.1) is 0 Å². The molecule has 0 unspecified atom stereocenters. The Morgan fingerprint density at radius 2 is 1.81 bits per heavy atom. The molecule has 0 heterocycles. The van der Waals surface area contributed by atoms with E-state index < -0.39 is 5.97 Å². The van der Waals surface area contributed by atoms with E-state index in [0.717, 1.165) is 17.7 Å². The average Bonchev–Trinajstić information content (AvgIpc) is 2.66. The van der Waals surface area contributed by atoms with Crippen molar-refractivity contribution in [3.05, 3.63) is 58.6 Å². The van der Waals surface area contributed by atoms with Crippen LogP contribution in [0.15, 0.2) is 42.5 Å². The molecule has 0 atom stereocenters. The highest BCUT2D eigenvalue weighted by Gasteiger charge is 2.11. The summed E-state index contributed by atoms with van der Waals surface area (Å²) in [5, 5.41) is 6.11. The standard InChI is InChI=1S/C19H21ClN2O4/c1-25-15-6-3-13(4-7-15)9-10-21-12-18(23)22-17-11-14(19(24)26-2)5-8-16(17)20/h3-8,11,21H,9-10,12H2,1-2H3,(H,22,23). The third kappa shape index (κ3) is 5.75. The number of carbonyl (C=O) groups is 2. The Bertz CT molecular complexity index is 763. The van der Waals surface area contributed by atoms with E-state index in [0.29, 0.717) is 22.8 Å². The van der Waals surface area contributed by atoms with Crippen molar-refractivity contribution in [3.63, 3.8) is 0 Å². The van der Waals surface area contributed by atoms with E-state index in [2.05, 4.69) is 15.4 Å². The summed E-state index contributed by atoms with van der Waals surface area (Å²) in [4.78, 5) is 23.6. The van der Waals surface area contributed by atoms with Crippen molar-refractivity contribution in [2.45, 2.75) is 6.42 Å². The summed E-state index contributed by atoms with van der Waals surface area (Å²) in [7, 11) is 2.92. The molecule has 0 aromatic heterocycles. The molecule has 2 aromatic rings. The van der Waals surface area contributed by atoms with E-state index in [1.807, 2.05) is 24.3 Å². The number of carbonyl (C=O) groups excluding carboxylic acids is 2. The molecule has 0 spiro atoms. The lowest BCUT2D eigenvalue weighted by molar-refractivity contribution is -0.115. The van der Waals surface area contributed by atoms with Gasteiger partial charge < -0.3 is 20.1 Å². The molecule has 0 aliphatic heterocycles. The van der Waals surface area contributed by atoms with Crippen molar-refractivity contribution in [1.82, 2.24) is 5.32 Å². The fourth-order valence-corrected chi connectivity index (χ4v) is 2.45. The number of rotatable bonds is 8. The summed E-state index contributed by atoms with van der Waals surface area (Å²) in [5.74, 6) is 0.0746. The van der Waals surface area contributed by atoms with E-state index in [1.54, 1.807) is 13.2 Å². The molecule has 0 saturated heterocycles. The summed E-state index contributed by atoms with van der Waals surface area (Å²) >= 11 is 6.06. The maximum atomic E-state index is 12.0. The number of benzene rings is 2. The zero-order valence-corrected chi connectivity index (χ0v) is 15.4. The number of amides is 1. The largest absolute Gasteiger partial charge is 0.497 e. The highest BCUT2D eigenvalue weighted by molar-refractivity contribution is 6.33. The number of halogens is 1. The second-order valence-electron chi connectivity index (χ2n) is 5.51. The van der Waals surface area contributed by atoms with Crippen LogP contribution in [0.3, 0.4) is 0 Å². The van der Waals surface area contributed by atoms with Gasteiger partial charge in [0.25, 0.3) is 0 Å². The summed E-state index contributed by atoms with van der Waals surface area (Å²) in [6.45, 7) is 0.782. The smallest absolute Gasteiger partial charge is 0.337 e. The van der Waals surface area contributed by atoms with Gasteiger partial charge in [-0.05, 0) is 48.9 Å². The van der Waals surface area contributed by atoms with Crippen LogP contribution in [0.2, 0.25) is 5.02 Å². The second-order valence-corrected chi connectivity index (χ2v) is 5.92. The van der Waals surface area contributed by atoms with Crippen LogP contribution in [0.5, 0.6) is 5.75 Å². The Morgan fingerprint density at radius 3 is 2.46 bits per heavy atom. The highest BCUT2D eigenvalue weighted by Crippen LogP contribution is 2.23. The molecule has 0 saturated carbocycles. The topological polar surface area (TPSA) is 76.7 Å². The normalized spacial score (nSPS) is 10.3. The van der Waals surface area contributed by atoms with Crippen molar-refractivity contribution >= 4 is 29.2 Å². The van der Waals surface area contributed by atoms with Gasteiger partial charge in [-0.3, -0.25) is 4.79 Å². The van der Waals surface area contributed by atoms with Crippen molar-refractivity contribution in [2.24, 2.45) is 0 Å². The zero-order chi connectivity index (χ0) is 18.9. The molecule has 0 fully saturated rings. The van der Waals surface area contributed by atoms with E-state index >= 15 is 0 Å². The molecule has 0 aliphatic carbocycles. The van der Waals surface area contributed by atoms with Crippen molar-refractivity contribution < 1.29 is 19.1 Å². The first-order chi connectivity index (χ1) is 12.5. The quantitative estimate of drug-likeness (QED) is 0.547. The van der Waals surface area contributed by atoms with Crippen LogP contribution in [0.1, 0.15) is 15.9 Å². The van der Waals surface area contributed by atoms with Crippen LogP contribution in [-0.2, 0) is 16.0 Å². The molecule has 2 aromatic carbocycles. The first kappa shape index (κ1) is 19.8. The molecule has 2 rings (SSSR count). The molecular formula is C19H21ClN2O4. The van der Waals surface area contributed by atoms with Gasteiger partial charge in [0.2, 0.25) is 5.91 Å². The zero-order valence-electron chi connectivity index (χ0n) is 14.7. The maximum Gasteiger partial charge on any atom is 0.337 e. The van der Waals surface area contributed by atoms with Gasteiger partial charge in [0.15, 0.2) is 0 Å². The van der Waals surface area contributed by atoms with E-state index in [4.69, 9.17) is 16.3 Å². The van der Waals surface area contributed by atoms with Crippen LogP contribution in [0.4, 0.5) is 5.69 Å². The van der Waals surface area contributed by atoms with Gasteiger partial charge >= 0.3 is 5.97 Å². The fraction of sp³-hybridized carbons (Fsp3) is 0.263. The molecule has 0 aliphatic rings. The molecule has 138 valence electrons. The maximum absolute atomic E-state index is 12.0. The van der Waals surface area contributed by atoms with Gasteiger partial charge in [-0.25, -0.2) is 4.79 Å². The number of anilines is 1. The predicted octanol–water partition coefficient (Wildman–Crippen LogP) is 2.91. The van der Waals surface area contributed by atoms with Crippen molar-refractivity contribution in [1.29, 1.82) is 0 Å². The Labute approximate surface area is 157 Å². The molecule has 7 heteroatoms. The molecule has 1 amide bonds. The minimum atomic E-state index is -0.491.